The van der Waals surface area contributed by atoms with Crippen LogP contribution in [-0.4, -0.2) is 41.1 Å². The summed E-state index contributed by atoms with van der Waals surface area (Å²) in [6, 6.07) is 2.58. The fourth-order valence-corrected chi connectivity index (χ4v) is 2.35. The van der Waals surface area contributed by atoms with E-state index >= 15 is 0 Å². The molecule has 3 N–H and O–H groups in total. The highest BCUT2D eigenvalue weighted by atomic mass is 32.1. The Kier molecular flexibility index (Phi) is 6.36. The Labute approximate surface area is 127 Å². The molecule has 0 unspecified atom stereocenters. The fraction of sp³-hybridized carbons (Fsp3) is 0.600. The van der Waals surface area contributed by atoms with Crippen molar-refractivity contribution in [3.8, 4) is 0 Å². The van der Waals surface area contributed by atoms with E-state index in [0.717, 1.165) is 42.1 Å². The number of pyridine rings is 1. The number of thiocarbonyl (C=S) groups is 1. The molecule has 0 aliphatic carbocycles. The molecule has 4 nitrogen and oxygen atoms in total. The number of nitrogens with one attached hydrogen (secondary N) is 1. The fourth-order valence-electron chi connectivity index (χ4n) is 2.09. The summed E-state index contributed by atoms with van der Waals surface area (Å²) in [4.78, 5) is 7.15. The lowest BCUT2D eigenvalue weighted by Crippen LogP contribution is -2.28. The van der Waals surface area contributed by atoms with Crippen LogP contribution in [0.3, 0.4) is 0 Å². The summed E-state index contributed by atoms with van der Waals surface area (Å²) < 4.78 is 0. The molecule has 1 aromatic heterocycles. The van der Waals surface area contributed by atoms with Crippen LogP contribution in [0.15, 0.2) is 6.07 Å². The maximum atomic E-state index is 5.80. The number of nitrogens with zero attached hydrogens (tertiary/aromatic N) is 2. The zero-order valence-electron chi connectivity index (χ0n) is 13.2. The molecule has 0 bridgehead atoms. The van der Waals surface area contributed by atoms with Crippen LogP contribution in [0.5, 0.6) is 0 Å². The summed E-state index contributed by atoms with van der Waals surface area (Å²) in [7, 11) is 2.14. The van der Waals surface area contributed by atoms with Crippen molar-refractivity contribution in [3.63, 3.8) is 0 Å². The van der Waals surface area contributed by atoms with Gasteiger partial charge < -0.3 is 16.0 Å². The van der Waals surface area contributed by atoms with Crippen LogP contribution in [0.25, 0.3) is 0 Å². The quantitative estimate of drug-likeness (QED) is 0.598. The molecule has 112 valence electrons. The smallest absolute Gasteiger partial charge is 0.107 e. The molecule has 0 radical (unpaired) electrons. The van der Waals surface area contributed by atoms with Crippen molar-refractivity contribution < 1.29 is 0 Å². The second-order valence-corrected chi connectivity index (χ2v) is 5.93. The number of hydrogen-bond acceptors (Lipinski definition) is 4. The highest BCUT2D eigenvalue weighted by Gasteiger charge is 2.11. The number of aryl methyl sites for hydroxylation is 2. The number of rotatable bonds is 7. The van der Waals surface area contributed by atoms with Gasteiger partial charge in [-0.3, -0.25) is 4.98 Å². The largest absolute Gasteiger partial charge is 0.389 e. The molecule has 0 amide bonds. The second-order valence-electron chi connectivity index (χ2n) is 5.49. The van der Waals surface area contributed by atoms with Crippen molar-refractivity contribution in [1.82, 2.24) is 9.88 Å². The van der Waals surface area contributed by atoms with Crippen LogP contribution in [0.1, 0.15) is 37.2 Å². The number of aromatic nitrogens is 1. The predicted molar refractivity (Wildman–Crippen MR) is 90.5 cm³/mol. The van der Waals surface area contributed by atoms with Crippen LogP contribution in [0, 0.1) is 13.8 Å². The normalized spacial score (nSPS) is 11.2. The van der Waals surface area contributed by atoms with Gasteiger partial charge in [-0.1, -0.05) is 12.2 Å². The highest BCUT2D eigenvalue weighted by molar-refractivity contribution is 7.80. The Morgan fingerprint density at radius 2 is 2.10 bits per heavy atom. The van der Waals surface area contributed by atoms with Gasteiger partial charge in [-0.25, -0.2) is 0 Å². The molecule has 1 aromatic rings. The van der Waals surface area contributed by atoms with Gasteiger partial charge in [-0.15, -0.1) is 0 Å². The van der Waals surface area contributed by atoms with Crippen molar-refractivity contribution in [2.75, 3.05) is 25.5 Å². The van der Waals surface area contributed by atoms with Gasteiger partial charge in [-0.05, 0) is 53.8 Å². The van der Waals surface area contributed by atoms with Crippen molar-refractivity contribution in [3.05, 3.63) is 23.0 Å². The van der Waals surface area contributed by atoms with E-state index in [0.29, 0.717) is 11.0 Å². The molecule has 0 aliphatic heterocycles. The van der Waals surface area contributed by atoms with Crippen LogP contribution < -0.4 is 11.1 Å². The minimum Gasteiger partial charge on any atom is -0.389 e. The lowest BCUT2D eigenvalue weighted by molar-refractivity contribution is 0.273. The van der Waals surface area contributed by atoms with E-state index in [2.05, 4.69) is 36.1 Å². The lowest BCUT2D eigenvalue weighted by Gasteiger charge is -2.21. The van der Waals surface area contributed by atoms with E-state index in [4.69, 9.17) is 18.0 Å². The van der Waals surface area contributed by atoms with Gasteiger partial charge >= 0.3 is 0 Å². The summed E-state index contributed by atoms with van der Waals surface area (Å²) in [6.45, 7) is 10.3. The first-order valence-electron chi connectivity index (χ1n) is 7.05. The average molecular weight is 294 g/mol. The van der Waals surface area contributed by atoms with Crippen LogP contribution in [0.2, 0.25) is 0 Å². The zero-order chi connectivity index (χ0) is 15.3. The highest BCUT2D eigenvalue weighted by Crippen LogP contribution is 2.19. The molecule has 20 heavy (non-hydrogen) atoms. The molecule has 1 rings (SSSR count). The zero-order valence-corrected chi connectivity index (χ0v) is 14.0. The lowest BCUT2D eigenvalue weighted by atomic mass is 10.1. The van der Waals surface area contributed by atoms with E-state index in [9.17, 15) is 0 Å². The van der Waals surface area contributed by atoms with E-state index in [1.165, 1.54) is 0 Å². The van der Waals surface area contributed by atoms with Crippen LogP contribution in [-0.2, 0) is 0 Å². The van der Waals surface area contributed by atoms with Gasteiger partial charge in [-0.2, -0.15) is 0 Å². The third-order valence-electron chi connectivity index (χ3n) is 3.46. The molecule has 0 saturated heterocycles. The van der Waals surface area contributed by atoms with E-state index in [-0.39, 0.29) is 0 Å². The van der Waals surface area contributed by atoms with Gasteiger partial charge in [0.15, 0.2) is 0 Å². The molecule has 0 spiro atoms. The summed E-state index contributed by atoms with van der Waals surface area (Å²) in [5.74, 6) is 0. The summed E-state index contributed by atoms with van der Waals surface area (Å²) >= 11 is 5.12. The molecule has 0 aliphatic rings. The Morgan fingerprint density at radius 3 is 2.65 bits per heavy atom. The van der Waals surface area contributed by atoms with Gasteiger partial charge in [0.25, 0.3) is 0 Å². The summed E-state index contributed by atoms with van der Waals surface area (Å²) in [5, 5.41) is 3.44. The number of nitrogens with two attached hydrogens (primary N) is 1. The van der Waals surface area contributed by atoms with E-state index in [1.807, 2.05) is 19.9 Å². The molecular weight excluding hydrogens is 268 g/mol. The summed E-state index contributed by atoms with van der Waals surface area (Å²) in [5.41, 5.74) is 9.52. The van der Waals surface area contributed by atoms with Crippen molar-refractivity contribution in [1.29, 1.82) is 0 Å². The van der Waals surface area contributed by atoms with Gasteiger partial charge in [0.2, 0.25) is 0 Å². The van der Waals surface area contributed by atoms with Crippen LogP contribution >= 0.6 is 12.2 Å². The van der Waals surface area contributed by atoms with Gasteiger partial charge in [0.05, 0.1) is 5.56 Å². The Hall–Kier alpha value is -1.20. The SMILES string of the molecule is Cc1cc(NCCCN(C)C(C)C)c(C(N)=S)c(C)n1. The third kappa shape index (κ3) is 4.72. The van der Waals surface area contributed by atoms with Crippen LogP contribution in [0.4, 0.5) is 5.69 Å². The maximum Gasteiger partial charge on any atom is 0.107 e. The minimum atomic E-state index is 0.400. The van der Waals surface area contributed by atoms with Crippen molar-refractivity contribution in [2.45, 2.75) is 40.2 Å². The Balaban J connectivity index is 2.66. The topological polar surface area (TPSA) is 54.2 Å². The van der Waals surface area contributed by atoms with Gasteiger partial charge in [0, 0.05) is 29.7 Å². The first-order chi connectivity index (χ1) is 9.32. The standard InChI is InChI=1S/C15H26N4S/c1-10(2)19(5)8-6-7-17-13-9-11(3)18-12(4)14(13)15(16)20/h9-10H,6-8H2,1-5H3,(H2,16,20)(H,17,18). The minimum absolute atomic E-state index is 0.400. The number of hydrogen-bond donors (Lipinski definition) is 2. The van der Waals surface area contributed by atoms with Gasteiger partial charge in [0.1, 0.15) is 4.99 Å². The number of anilines is 1. The van der Waals surface area contributed by atoms with Crippen molar-refractivity contribution in [2.24, 2.45) is 5.73 Å². The molecule has 0 fully saturated rings. The summed E-state index contributed by atoms with van der Waals surface area (Å²) in [6.07, 6.45) is 1.08. The molecule has 1 heterocycles. The molecule has 0 atom stereocenters. The Bertz CT molecular complexity index is 471. The third-order valence-corrected chi connectivity index (χ3v) is 3.66. The first-order valence-corrected chi connectivity index (χ1v) is 7.46. The maximum absolute atomic E-state index is 5.80. The monoisotopic (exact) mass is 294 g/mol. The predicted octanol–water partition coefficient (Wildman–Crippen LogP) is 2.47. The second kappa shape index (κ2) is 7.55. The van der Waals surface area contributed by atoms with E-state index in [1.54, 1.807) is 0 Å². The molecular formula is C15H26N4S. The first kappa shape index (κ1) is 16.9. The molecule has 0 saturated carbocycles. The molecule has 5 heteroatoms. The molecule has 0 aromatic carbocycles. The average Bonchev–Trinajstić information content (AvgIpc) is 2.32. The Morgan fingerprint density at radius 1 is 1.45 bits per heavy atom. The van der Waals surface area contributed by atoms with E-state index < -0.39 is 0 Å². The van der Waals surface area contributed by atoms with Crippen molar-refractivity contribution >= 4 is 22.9 Å².